The lowest BCUT2D eigenvalue weighted by molar-refractivity contribution is -0.150. The molecule has 1 rings (SSSR count). The molecule has 0 aliphatic heterocycles. The van der Waals surface area contributed by atoms with E-state index in [0.29, 0.717) is 0 Å². The molecule has 0 aliphatic carbocycles. The van der Waals surface area contributed by atoms with Crippen LogP contribution in [0.5, 0.6) is 0 Å². The average Bonchev–Trinajstić information content (AvgIpc) is 2.19. The monoisotopic (exact) mass is 369 g/mol. The molecule has 20 heavy (non-hydrogen) atoms. The number of carbonyl (C=O) groups excluding carboxylic acids is 1. The summed E-state index contributed by atoms with van der Waals surface area (Å²) in [6.07, 6.45) is -6.42. The number of halogens is 6. The van der Waals surface area contributed by atoms with Crippen LogP contribution in [0.15, 0.2) is 17.0 Å². The van der Waals surface area contributed by atoms with Crippen LogP contribution in [0, 0.1) is 0 Å². The van der Waals surface area contributed by atoms with Crippen LogP contribution in [0.25, 0.3) is 0 Å². The molecule has 4 nitrogen and oxygen atoms in total. The third-order valence-corrected chi connectivity index (χ3v) is 3.85. The van der Waals surface area contributed by atoms with Crippen molar-refractivity contribution >= 4 is 54.5 Å². The van der Waals surface area contributed by atoms with Gasteiger partial charge < -0.3 is 5.32 Å². The van der Waals surface area contributed by atoms with Crippen LogP contribution in [0.1, 0.15) is 6.42 Å². The predicted molar refractivity (Wildman–Crippen MR) is 68.8 cm³/mol. The van der Waals surface area contributed by atoms with Crippen molar-refractivity contribution in [3.8, 4) is 0 Å². The highest BCUT2D eigenvalue weighted by molar-refractivity contribution is 8.13. The summed E-state index contributed by atoms with van der Waals surface area (Å²) in [6, 6.07) is 1.72. The largest absolute Gasteiger partial charge is 0.397 e. The highest BCUT2D eigenvalue weighted by Crippen LogP contribution is 2.35. The Hall–Kier alpha value is -0.700. The molecule has 1 aromatic rings. The average molecular weight is 371 g/mol. The Balaban J connectivity index is 3.07. The number of carbonyl (C=O) groups is 1. The summed E-state index contributed by atoms with van der Waals surface area (Å²) < 4.78 is 58.2. The van der Waals surface area contributed by atoms with E-state index in [1.807, 2.05) is 5.32 Å². The van der Waals surface area contributed by atoms with E-state index in [4.69, 9.17) is 33.9 Å². The fourth-order valence-electron chi connectivity index (χ4n) is 1.18. The molecular weight excluding hydrogens is 366 g/mol. The first-order valence-electron chi connectivity index (χ1n) is 4.70. The maximum atomic E-state index is 12.0. The lowest BCUT2D eigenvalue weighted by Gasteiger charge is -2.11. The molecule has 0 atom stereocenters. The van der Waals surface area contributed by atoms with Crippen molar-refractivity contribution in [3.05, 3.63) is 22.2 Å². The van der Waals surface area contributed by atoms with Gasteiger partial charge in [-0.2, -0.15) is 13.2 Å². The number of anilines is 1. The lowest BCUT2D eigenvalue weighted by Crippen LogP contribution is -2.21. The Morgan fingerprint density at radius 3 is 2.00 bits per heavy atom. The quantitative estimate of drug-likeness (QED) is 0.823. The van der Waals surface area contributed by atoms with Gasteiger partial charge >= 0.3 is 6.18 Å². The number of nitrogens with one attached hydrogen (secondary N) is 1. The van der Waals surface area contributed by atoms with Gasteiger partial charge in [0.25, 0.3) is 9.05 Å². The van der Waals surface area contributed by atoms with Crippen LogP contribution in [-0.4, -0.2) is 20.5 Å². The van der Waals surface area contributed by atoms with Crippen molar-refractivity contribution in [2.75, 3.05) is 5.32 Å². The molecule has 1 amide bonds. The summed E-state index contributed by atoms with van der Waals surface area (Å²) in [5.41, 5.74) is -0.327. The van der Waals surface area contributed by atoms with Crippen molar-refractivity contribution in [1.82, 2.24) is 0 Å². The molecule has 11 heteroatoms. The molecule has 0 fully saturated rings. The Bertz CT molecular complexity index is 623. The normalized spacial score (nSPS) is 12.3. The molecule has 0 saturated heterocycles. The summed E-state index contributed by atoms with van der Waals surface area (Å²) >= 11 is 11.3. The van der Waals surface area contributed by atoms with Gasteiger partial charge in [0.2, 0.25) is 5.91 Å². The number of hydrogen-bond donors (Lipinski definition) is 1. The van der Waals surface area contributed by atoms with Crippen LogP contribution >= 0.6 is 33.9 Å². The smallest absolute Gasteiger partial charge is 0.323 e. The molecule has 0 bridgehead atoms. The number of benzene rings is 1. The number of alkyl halides is 3. The summed E-state index contributed by atoms with van der Waals surface area (Å²) in [7, 11) is 0.955. The standard InChI is InChI=1S/C9H5Cl3F3NO3S/c10-5-1-4(20(12,18)19)2-6(11)8(5)16-7(17)3-9(13,14)15/h1-2H,3H2,(H,16,17). The second-order valence-electron chi connectivity index (χ2n) is 3.54. The lowest BCUT2D eigenvalue weighted by atomic mass is 10.3. The van der Waals surface area contributed by atoms with Crippen molar-refractivity contribution in [2.45, 2.75) is 17.5 Å². The van der Waals surface area contributed by atoms with Gasteiger partial charge in [-0.15, -0.1) is 0 Å². The first-order chi connectivity index (χ1) is 8.90. The Labute approximate surface area is 126 Å². The molecule has 0 heterocycles. The van der Waals surface area contributed by atoms with Gasteiger partial charge in [-0.3, -0.25) is 4.79 Å². The molecule has 112 valence electrons. The molecule has 0 unspecified atom stereocenters. The van der Waals surface area contributed by atoms with E-state index in [2.05, 4.69) is 0 Å². The molecule has 1 N–H and O–H groups in total. The van der Waals surface area contributed by atoms with Crippen molar-refractivity contribution in [2.24, 2.45) is 0 Å². The van der Waals surface area contributed by atoms with Gasteiger partial charge in [0.05, 0.1) is 20.6 Å². The zero-order chi connectivity index (χ0) is 15.7. The van der Waals surface area contributed by atoms with Crippen LogP contribution in [0.3, 0.4) is 0 Å². The second kappa shape index (κ2) is 5.97. The van der Waals surface area contributed by atoms with Gasteiger partial charge in [0.1, 0.15) is 6.42 Å². The maximum absolute atomic E-state index is 12.0. The molecule has 0 aliphatic rings. The fraction of sp³-hybridized carbons (Fsp3) is 0.222. The van der Waals surface area contributed by atoms with Gasteiger partial charge in [-0.05, 0) is 12.1 Å². The maximum Gasteiger partial charge on any atom is 0.397 e. The van der Waals surface area contributed by atoms with Crippen LogP contribution < -0.4 is 5.32 Å². The topological polar surface area (TPSA) is 63.2 Å². The van der Waals surface area contributed by atoms with Crippen LogP contribution in [-0.2, 0) is 13.8 Å². The van der Waals surface area contributed by atoms with E-state index < -0.39 is 32.5 Å². The number of amides is 1. The van der Waals surface area contributed by atoms with Crippen LogP contribution in [0.4, 0.5) is 18.9 Å². The molecule has 0 saturated carbocycles. The van der Waals surface area contributed by atoms with E-state index in [0.717, 1.165) is 12.1 Å². The van der Waals surface area contributed by atoms with Crippen molar-refractivity contribution < 1.29 is 26.4 Å². The van der Waals surface area contributed by atoms with Gasteiger partial charge in [-0.1, -0.05) is 23.2 Å². The first-order valence-corrected chi connectivity index (χ1v) is 7.77. The fourth-order valence-corrected chi connectivity index (χ4v) is 2.67. The third kappa shape index (κ3) is 5.01. The minimum Gasteiger partial charge on any atom is -0.323 e. The van der Waals surface area contributed by atoms with E-state index in [9.17, 15) is 26.4 Å². The zero-order valence-electron chi connectivity index (χ0n) is 9.26. The molecule has 1 aromatic carbocycles. The van der Waals surface area contributed by atoms with E-state index in [1.54, 1.807) is 0 Å². The second-order valence-corrected chi connectivity index (χ2v) is 6.92. The minimum absolute atomic E-state index is 0.327. The summed E-state index contributed by atoms with van der Waals surface area (Å²) in [5.74, 6) is -1.39. The van der Waals surface area contributed by atoms with Crippen molar-refractivity contribution in [3.63, 3.8) is 0 Å². The van der Waals surface area contributed by atoms with Crippen molar-refractivity contribution in [1.29, 1.82) is 0 Å². The molecule has 0 aromatic heterocycles. The van der Waals surface area contributed by atoms with E-state index in [-0.39, 0.29) is 15.7 Å². The first kappa shape index (κ1) is 17.4. The van der Waals surface area contributed by atoms with Gasteiger partial charge in [0, 0.05) is 10.7 Å². The number of hydrogen-bond acceptors (Lipinski definition) is 3. The summed E-state index contributed by atoms with van der Waals surface area (Å²) in [4.78, 5) is 10.7. The zero-order valence-corrected chi connectivity index (χ0v) is 12.3. The Kier molecular flexibility index (Phi) is 5.18. The molecular formula is C9H5Cl3F3NO3S. The van der Waals surface area contributed by atoms with Crippen LogP contribution in [0.2, 0.25) is 10.0 Å². The highest BCUT2D eigenvalue weighted by atomic mass is 35.7. The van der Waals surface area contributed by atoms with Gasteiger partial charge in [0.15, 0.2) is 0 Å². The van der Waals surface area contributed by atoms with E-state index >= 15 is 0 Å². The third-order valence-electron chi connectivity index (χ3n) is 1.92. The SMILES string of the molecule is O=C(CC(F)(F)F)Nc1c(Cl)cc(S(=O)(=O)Cl)cc1Cl. The van der Waals surface area contributed by atoms with E-state index in [1.165, 1.54) is 0 Å². The minimum atomic E-state index is -4.69. The molecule has 0 spiro atoms. The Morgan fingerprint density at radius 2 is 1.65 bits per heavy atom. The summed E-state index contributed by atoms with van der Waals surface area (Å²) in [5, 5.41) is 1.14. The number of rotatable bonds is 3. The highest BCUT2D eigenvalue weighted by Gasteiger charge is 2.31. The molecule has 0 radical (unpaired) electrons. The predicted octanol–water partition coefficient (Wildman–Crippen LogP) is 3.81. The summed E-state index contributed by atoms with van der Waals surface area (Å²) in [6.45, 7) is 0. The Morgan fingerprint density at radius 1 is 1.20 bits per heavy atom. The van der Waals surface area contributed by atoms with Gasteiger partial charge in [-0.25, -0.2) is 8.42 Å².